The van der Waals surface area contributed by atoms with Crippen LogP contribution in [0.25, 0.3) is 12.2 Å². The van der Waals surface area contributed by atoms with Gasteiger partial charge in [0.05, 0.1) is 20.6 Å². The van der Waals surface area contributed by atoms with Crippen molar-refractivity contribution in [3.8, 4) is 23.0 Å². The Balaban J connectivity index is 1.38. The van der Waals surface area contributed by atoms with Gasteiger partial charge in [0, 0.05) is 12.2 Å². The van der Waals surface area contributed by atoms with Crippen LogP contribution in [0.3, 0.4) is 0 Å². The maximum atomic E-state index is 12.5. The molecule has 2 aromatic carbocycles. The van der Waals surface area contributed by atoms with Crippen molar-refractivity contribution in [2.24, 2.45) is 0 Å². The van der Waals surface area contributed by atoms with Crippen LogP contribution in [0.5, 0.6) is 23.0 Å². The van der Waals surface area contributed by atoms with E-state index >= 15 is 0 Å². The molecule has 2 heterocycles. The average Bonchev–Trinajstić information content (AvgIpc) is 3.29. The fourth-order valence-electron chi connectivity index (χ4n) is 4.37. The molecule has 2 fully saturated rings. The number of aliphatic hydroxyl groups is 1. The number of hydrogen-bond acceptors (Lipinski definition) is 12. The number of carbonyl (C=O) groups excluding carboxylic acids is 2. The van der Waals surface area contributed by atoms with Crippen molar-refractivity contribution in [2.75, 3.05) is 20.8 Å². The number of methoxy groups -OCH3 is 2. The quantitative estimate of drug-likeness (QED) is 0.238. The second-order valence-electron chi connectivity index (χ2n) is 9.13. The number of benzene rings is 2. The number of phenolic OH excluding ortho intramolecular Hbond substituents is 2. The number of aliphatic hydroxyl groups excluding tert-OH is 1. The second-order valence-corrected chi connectivity index (χ2v) is 9.13. The van der Waals surface area contributed by atoms with E-state index < -0.39 is 61.1 Å². The number of carboxylic acids is 1. The minimum Gasteiger partial charge on any atom is -0.504 e. The molecule has 2 aliphatic heterocycles. The molecule has 2 bridgehead atoms. The van der Waals surface area contributed by atoms with Crippen LogP contribution in [0.2, 0.25) is 0 Å². The van der Waals surface area contributed by atoms with Crippen molar-refractivity contribution >= 4 is 30.1 Å². The highest BCUT2D eigenvalue weighted by Gasteiger charge is 2.63. The van der Waals surface area contributed by atoms with Crippen molar-refractivity contribution < 1.29 is 63.2 Å². The molecule has 4 rings (SSSR count). The molecule has 0 radical (unpaired) electrons. The van der Waals surface area contributed by atoms with Crippen LogP contribution < -0.4 is 9.47 Å². The van der Waals surface area contributed by atoms with Crippen molar-refractivity contribution in [1.29, 1.82) is 0 Å². The third-order valence-corrected chi connectivity index (χ3v) is 6.44. The molecule has 0 amide bonds. The Bertz CT molecular complexity index is 1370. The van der Waals surface area contributed by atoms with Crippen LogP contribution in [-0.2, 0) is 33.3 Å². The molecular weight excluding hydrogens is 544 g/mol. The van der Waals surface area contributed by atoms with Crippen LogP contribution >= 0.6 is 0 Å². The smallest absolute Gasteiger partial charge is 0.364 e. The molecule has 4 N–H and O–H groups in total. The van der Waals surface area contributed by atoms with E-state index in [1.807, 2.05) is 0 Å². The monoisotopic (exact) mass is 572 g/mol. The van der Waals surface area contributed by atoms with Gasteiger partial charge in [0.25, 0.3) is 5.79 Å². The number of carbonyl (C=O) groups is 3. The lowest BCUT2D eigenvalue weighted by Crippen LogP contribution is -2.55. The highest BCUT2D eigenvalue weighted by molar-refractivity contribution is 5.88. The highest BCUT2D eigenvalue weighted by atomic mass is 16.8. The Morgan fingerprint density at radius 2 is 1.49 bits per heavy atom. The van der Waals surface area contributed by atoms with Gasteiger partial charge in [-0.3, -0.25) is 0 Å². The highest BCUT2D eigenvalue weighted by Crippen LogP contribution is 2.42. The summed E-state index contributed by atoms with van der Waals surface area (Å²) >= 11 is 0. The lowest BCUT2D eigenvalue weighted by atomic mass is 9.95. The maximum Gasteiger partial charge on any atom is 0.364 e. The first-order valence-electron chi connectivity index (χ1n) is 12.3. The number of esters is 2. The first-order valence-corrected chi connectivity index (χ1v) is 12.3. The van der Waals surface area contributed by atoms with Gasteiger partial charge >= 0.3 is 17.9 Å². The van der Waals surface area contributed by atoms with Crippen LogP contribution in [0.15, 0.2) is 48.6 Å². The summed E-state index contributed by atoms with van der Waals surface area (Å²) < 4.78 is 31.6. The standard InChI is InChI=1S/C28H28O13/c1-36-19-11-15(3-7-17(19)29)5-9-23(31)38-14-22-26-25(33)21(13-28(40-22,41-26)27(34)35)39-24(32)10-6-16-4-8-18(30)20(12-16)37-2/h3-12,21-22,25-26,29-30,33H,13-14H2,1-2H3,(H,34,35)/b9-5+,10-6+/t21-,22-,25-,26-,28+/m1/s1. The Morgan fingerprint density at radius 3 is 2.02 bits per heavy atom. The number of phenols is 2. The van der Waals surface area contributed by atoms with Crippen molar-refractivity contribution in [3.63, 3.8) is 0 Å². The molecule has 13 heteroatoms. The molecule has 2 aliphatic rings. The van der Waals surface area contributed by atoms with Crippen LogP contribution in [-0.4, -0.2) is 89.4 Å². The van der Waals surface area contributed by atoms with E-state index in [4.69, 9.17) is 28.4 Å². The molecule has 0 aromatic heterocycles. The van der Waals surface area contributed by atoms with E-state index in [9.17, 15) is 34.8 Å². The van der Waals surface area contributed by atoms with Gasteiger partial charge in [0.2, 0.25) is 0 Å². The van der Waals surface area contributed by atoms with Crippen molar-refractivity contribution in [3.05, 3.63) is 59.7 Å². The van der Waals surface area contributed by atoms with E-state index in [0.717, 1.165) is 12.2 Å². The number of rotatable bonds is 10. The number of fused-ring (bicyclic) bond motifs is 2. The number of hydrogen-bond donors (Lipinski definition) is 4. The summed E-state index contributed by atoms with van der Waals surface area (Å²) in [7, 11) is 2.76. The van der Waals surface area contributed by atoms with Crippen LogP contribution in [0.1, 0.15) is 17.5 Å². The van der Waals surface area contributed by atoms with Crippen LogP contribution in [0, 0.1) is 0 Å². The zero-order chi connectivity index (χ0) is 29.7. The fraction of sp³-hybridized carbons (Fsp3) is 0.321. The molecule has 0 unspecified atom stereocenters. The topological polar surface area (TPSA) is 188 Å². The zero-order valence-electron chi connectivity index (χ0n) is 22.0. The lowest BCUT2D eigenvalue weighted by Gasteiger charge is -2.35. The molecular formula is C28H28O13. The molecule has 0 aliphatic carbocycles. The molecule has 13 nitrogen and oxygen atoms in total. The van der Waals surface area contributed by atoms with E-state index in [1.54, 1.807) is 6.07 Å². The summed E-state index contributed by atoms with van der Waals surface area (Å²) in [4.78, 5) is 36.8. The molecule has 41 heavy (non-hydrogen) atoms. The predicted molar refractivity (Wildman–Crippen MR) is 139 cm³/mol. The van der Waals surface area contributed by atoms with E-state index in [2.05, 4.69) is 0 Å². The molecule has 2 aromatic rings. The third kappa shape index (κ3) is 6.60. The average molecular weight is 573 g/mol. The zero-order valence-corrected chi connectivity index (χ0v) is 22.0. The van der Waals surface area contributed by atoms with Gasteiger partial charge in [-0.2, -0.15) is 0 Å². The summed E-state index contributed by atoms with van der Waals surface area (Å²) in [6.45, 7) is -0.456. The first-order chi connectivity index (χ1) is 19.5. The SMILES string of the molecule is COc1cc(/C=C/C(=O)OC[C@H]2O[C@@]3(C(=O)O)C[C@@H](OC(=O)/C=C/c4ccc(O)c(OC)c4)[C@@H](O)[C@@H]2O3)ccc1O. The van der Waals surface area contributed by atoms with Gasteiger partial charge in [-0.05, 0) is 47.5 Å². The molecule has 5 atom stereocenters. The van der Waals surface area contributed by atoms with Gasteiger partial charge in [-0.1, -0.05) is 12.1 Å². The van der Waals surface area contributed by atoms with Gasteiger partial charge in [-0.25, -0.2) is 14.4 Å². The Hall–Kier alpha value is -4.59. The minimum absolute atomic E-state index is 0.0688. The summed E-state index contributed by atoms with van der Waals surface area (Å²) in [5, 5.41) is 40.0. The molecule has 2 saturated heterocycles. The Morgan fingerprint density at radius 1 is 0.927 bits per heavy atom. The second kappa shape index (κ2) is 12.3. The fourth-order valence-corrected chi connectivity index (χ4v) is 4.37. The first kappa shape index (κ1) is 29.4. The predicted octanol–water partition coefficient (Wildman–Crippen LogP) is 1.63. The van der Waals surface area contributed by atoms with Gasteiger partial charge in [0.1, 0.15) is 31.0 Å². The third-order valence-electron chi connectivity index (χ3n) is 6.44. The van der Waals surface area contributed by atoms with Gasteiger partial charge < -0.3 is 48.8 Å². The van der Waals surface area contributed by atoms with E-state index in [1.165, 1.54) is 56.7 Å². The maximum absolute atomic E-state index is 12.5. The van der Waals surface area contributed by atoms with Gasteiger partial charge in [-0.15, -0.1) is 0 Å². The summed E-state index contributed by atoms with van der Waals surface area (Å²) in [6, 6.07) is 8.83. The van der Waals surface area contributed by atoms with Gasteiger partial charge in [0.15, 0.2) is 23.0 Å². The number of aromatic hydroxyl groups is 2. The normalized spacial score (nSPS) is 25.2. The summed E-state index contributed by atoms with van der Waals surface area (Å²) in [5.41, 5.74) is 1.05. The van der Waals surface area contributed by atoms with Crippen molar-refractivity contribution in [1.82, 2.24) is 0 Å². The number of carboxylic acid groups (broad SMARTS) is 1. The van der Waals surface area contributed by atoms with Crippen LogP contribution in [0.4, 0.5) is 0 Å². The van der Waals surface area contributed by atoms with Crippen molar-refractivity contribution in [2.45, 2.75) is 36.6 Å². The Labute approximate surface area is 233 Å². The minimum atomic E-state index is -2.22. The van der Waals surface area contributed by atoms with E-state index in [-0.39, 0.29) is 23.0 Å². The molecule has 0 saturated carbocycles. The number of aliphatic carboxylic acids is 1. The summed E-state index contributed by atoms with van der Waals surface area (Å²) in [5.74, 6) is -5.14. The largest absolute Gasteiger partial charge is 0.504 e. The number of ether oxygens (including phenoxy) is 6. The van der Waals surface area contributed by atoms with E-state index in [0.29, 0.717) is 11.1 Å². The molecule has 0 spiro atoms. The molecule has 218 valence electrons. The lowest BCUT2D eigenvalue weighted by molar-refractivity contribution is -0.247. The summed E-state index contributed by atoms with van der Waals surface area (Å²) in [6.07, 6.45) is -0.771. The Kier molecular flexibility index (Phi) is 8.81.